The molecular formula is C12H24N2O3S. The van der Waals surface area contributed by atoms with Crippen molar-refractivity contribution >= 4 is 10.0 Å². The normalized spacial score (nSPS) is 34.9. The number of sulfonamides is 1. The van der Waals surface area contributed by atoms with Crippen LogP contribution in [0.25, 0.3) is 0 Å². The van der Waals surface area contributed by atoms with Gasteiger partial charge in [-0.1, -0.05) is 0 Å². The van der Waals surface area contributed by atoms with Gasteiger partial charge in [-0.05, 0) is 38.6 Å². The molecule has 2 heterocycles. The van der Waals surface area contributed by atoms with Gasteiger partial charge in [0.1, 0.15) is 0 Å². The second-order valence-electron chi connectivity index (χ2n) is 5.87. The summed E-state index contributed by atoms with van der Waals surface area (Å²) in [6.45, 7) is 5.97. The zero-order valence-corrected chi connectivity index (χ0v) is 12.1. The van der Waals surface area contributed by atoms with Gasteiger partial charge >= 0.3 is 0 Å². The summed E-state index contributed by atoms with van der Waals surface area (Å²) in [5.41, 5.74) is 0.0768. The number of hydrogen-bond donors (Lipinski definition) is 1. The number of nitrogens with one attached hydrogen (secondary N) is 1. The fourth-order valence-electron chi connectivity index (χ4n) is 2.69. The van der Waals surface area contributed by atoms with Crippen LogP contribution in [0.2, 0.25) is 0 Å². The Kier molecular flexibility index (Phi) is 4.31. The molecule has 2 unspecified atom stereocenters. The molecule has 0 aromatic heterocycles. The third kappa shape index (κ3) is 3.66. The Morgan fingerprint density at radius 3 is 2.89 bits per heavy atom. The van der Waals surface area contributed by atoms with Gasteiger partial charge in [0.2, 0.25) is 10.0 Å². The zero-order chi connectivity index (χ0) is 13.2. The highest BCUT2D eigenvalue weighted by Crippen LogP contribution is 2.21. The Balaban J connectivity index is 1.83. The fourth-order valence-corrected chi connectivity index (χ4v) is 3.63. The van der Waals surface area contributed by atoms with Crippen molar-refractivity contribution < 1.29 is 13.2 Å². The van der Waals surface area contributed by atoms with E-state index in [0.29, 0.717) is 19.0 Å². The van der Waals surface area contributed by atoms with E-state index in [0.717, 1.165) is 39.0 Å². The van der Waals surface area contributed by atoms with Gasteiger partial charge < -0.3 is 10.1 Å². The first-order valence-electron chi connectivity index (χ1n) is 6.67. The molecule has 106 valence electrons. The maximum Gasteiger partial charge on any atom is 0.211 e. The lowest BCUT2D eigenvalue weighted by Crippen LogP contribution is -2.48. The SMILES string of the molecule is CC1(NCC2CCCN(S(C)(=O)=O)C2)CCOC1. The van der Waals surface area contributed by atoms with Gasteiger partial charge in [-0.3, -0.25) is 0 Å². The summed E-state index contributed by atoms with van der Waals surface area (Å²) in [5.74, 6) is 0.422. The van der Waals surface area contributed by atoms with Crippen LogP contribution in [-0.4, -0.2) is 57.4 Å². The second kappa shape index (κ2) is 5.45. The van der Waals surface area contributed by atoms with Gasteiger partial charge in [0.15, 0.2) is 0 Å². The molecule has 2 fully saturated rings. The average Bonchev–Trinajstić information content (AvgIpc) is 2.74. The van der Waals surface area contributed by atoms with E-state index in [1.165, 1.54) is 6.26 Å². The molecule has 1 N–H and O–H groups in total. The van der Waals surface area contributed by atoms with Crippen LogP contribution >= 0.6 is 0 Å². The van der Waals surface area contributed by atoms with E-state index in [1.807, 2.05) is 0 Å². The highest BCUT2D eigenvalue weighted by Gasteiger charge is 2.31. The maximum atomic E-state index is 11.5. The average molecular weight is 276 g/mol. The first kappa shape index (κ1) is 14.2. The van der Waals surface area contributed by atoms with Crippen molar-refractivity contribution in [2.24, 2.45) is 5.92 Å². The van der Waals surface area contributed by atoms with Gasteiger partial charge in [0.05, 0.1) is 12.9 Å². The van der Waals surface area contributed by atoms with Gasteiger partial charge in [-0.25, -0.2) is 12.7 Å². The van der Waals surface area contributed by atoms with E-state index < -0.39 is 10.0 Å². The minimum Gasteiger partial charge on any atom is -0.379 e. The number of ether oxygens (including phenoxy) is 1. The van der Waals surface area contributed by atoms with Crippen molar-refractivity contribution in [3.8, 4) is 0 Å². The number of rotatable bonds is 4. The molecule has 5 nitrogen and oxygen atoms in total. The van der Waals surface area contributed by atoms with Crippen LogP contribution < -0.4 is 5.32 Å². The summed E-state index contributed by atoms with van der Waals surface area (Å²) in [7, 11) is -3.03. The first-order chi connectivity index (χ1) is 8.39. The molecule has 0 aromatic rings. The van der Waals surface area contributed by atoms with Crippen LogP contribution in [0.4, 0.5) is 0 Å². The Morgan fingerprint density at radius 2 is 2.28 bits per heavy atom. The zero-order valence-electron chi connectivity index (χ0n) is 11.3. The van der Waals surface area contributed by atoms with Gasteiger partial charge in [0.25, 0.3) is 0 Å². The van der Waals surface area contributed by atoms with E-state index in [2.05, 4.69) is 12.2 Å². The summed E-state index contributed by atoms with van der Waals surface area (Å²) in [6.07, 6.45) is 4.41. The molecule has 18 heavy (non-hydrogen) atoms. The highest BCUT2D eigenvalue weighted by molar-refractivity contribution is 7.88. The summed E-state index contributed by atoms with van der Waals surface area (Å²) in [6, 6.07) is 0. The molecule has 2 aliphatic heterocycles. The Morgan fingerprint density at radius 1 is 1.50 bits per heavy atom. The molecule has 2 saturated heterocycles. The van der Waals surface area contributed by atoms with Gasteiger partial charge in [-0.15, -0.1) is 0 Å². The van der Waals surface area contributed by atoms with Crippen molar-refractivity contribution in [3.05, 3.63) is 0 Å². The molecule has 2 rings (SSSR count). The van der Waals surface area contributed by atoms with Crippen molar-refractivity contribution in [1.82, 2.24) is 9.62 Å². The Labute approximate surface area is 110 Å². The van der Waals surface area contributed by atoms with Crippen LogP contribution in [0.15, 0.2) is 0 Å². The standard InChI is InChI=1S/C12H24N2O3S/c1-12(5-7-17-10-12)13-8-11-4-3-6-14(9-11)18(2,15)16/h11,13H,3-10H2,1-2H3. The minimum absolute atomic E-state index is 0.0768. The van der Waals surface area contributed by atoms with Gasteiger partial charge in [0, 0.05) is 25.2 Å². The lowest BCUT2D eigenvalue weighted by atomic mass is 9.96. The largest absolute Gasteiger partial charge is 0.379 e. The molecule has 0 aromatic carbocycles. The van der Waals surface area contributed by atoms with Crippen LogP contribution in [0.5, 0.6) is 0 Å². The number of hydrogen-bond acceptors (Lipinski definition) is 4. The molecule has 0 amide bonds. The highest BCUT2D eigenvalue weighted by atomic mass is 32.2. The summed E-state index contributed by atoms with van der Waals surface area (Å²) in [5, 5.41) is 3.55. The Hall–Kier alpha value is -0.170. The van der Waals surface area contributed by atoms with E-state index in [-0.39, 0.29) is 5.54 Å². The third-order valence-corrected chi connectivity index (χ3v) is 5.26. The molecule has 0 radical (unpaired) electrons. The van der Waals surface area contributed by atoms with Crippen molar-refractivity contribution in [2.45, 2.75) is 31.7 Å². The predicted octanol–water partition coefficient (Wildman–Crippen LogP) is 0.427. The molecular weight excluding hydrogens is 252 g/mol. The van der Waals surface area contributed by atoms with Gasteiger partial charge in [-0.2, -0.15) is 0 Å². The maximum absolute atomic E-state index is 11.5. The summed E-state index contributed by atoms with van der Waals surface area (Å²) in [4.78, 5) is 0. The smallest absolute Gasteiger partial charge is 0.211 e. The van der Waals surface area contributed by atoms with Crippen molar-refractivity contribution in [1.29, 1.82) is 0 Å². The van der Waals surface area contributed by atoms with E-state index in [9.17, 15) is 8.42 Å². The van der Waals surface area contributed by atoms with Crippen molar-refractivity contribution in [2.75, 3.05) is 39.1 Å². The van der Waals surface area contributed by atoms with Crippen LogP contribution in [0, 0.1) is 5.92 Å². The quantitative estimate of drug-likeness (QED) is 0.809. The van der Waals surface area contributed by atoms with E-state index >= 15 is 0 Å². The molecule has 2 atom stereocenters. The molecule has 2 aliphatic rings. The predicted molar refractivity (Wildman–Crippen MR) is 71.0 cm³/mol. The molecule has 0 spiro atoms. The monoisotopic (exact) mass is 276 g/mol. The van der Waals surface area contributed by atoms with Crippen LogP contribution in [0.1, 0.15) is 26.2 Å². The summed E-state index contributed by atoms with van der Waals surface area (Å²) >= 11 is 0. The molecule has 6 heteroatoms. The van der Waals surface area contributed by atoms with Crippen LogP contribution in [-0.2, 0) is 14.8 Å². The topological polar surface area (TPSA) is 58.6 Å². The molecule has 0 bridgehead atoms. The van der Waals surface area contributed by atoms with E-state index in [1.54, 1.807) is 4.31 Å². The number of nitrogens with zero attached hydrogens (tertiary/aromatic N) is 1. The molecule has 0 aliphatic carbocycles. The lowest BCUT2D eigenvalue weighted by molar-refractivity contribution is 0.165. The first-order valence-corrected chi connectivity index (χ1v) is 8.52. The lowest BCUT2D eigenvalue weighted by Gasteiger charge is -2.33. The van der Waals surface area contributed by atoms with E-state index in [4.69, 9.17) is 4.74 Å². The van der Waals surface area contributed by atoms with Crippen molar-refractivity contribution in [3.63, 3.8) is 0 Å². The summed E-state index contributed by atoms with van der Waals surface area (Å²) < 4.78 is 30.1. The third-order valence-electron chi connectivity index (χ3n) is 3.99. The Bertz CT molecular complexity index is 377. The second-order valence-corrected chi connectivity index (χ2v) is 7.86. The fraction of sp³-hybridized carbons (Fsp3) is 1.00. The minimum atomic E-state index is -3.03. The molecule has 0 saturated carbocycles. The van der Waals surface area contributed by atoms with Crippen LogP contribution in [0.3, 0.4) is 0 Å². The number of piperidine rings is 1.